The van der Waals surface area contributed by atoms with Crippen LogP contribution in [0.2, 0.25) is 5.02 Å². The first-order valence-electron chi connectivity index (χ1n) is 6.04. The number of carboxylic acids is 1. The Morgan fingerprint density at radius 2 is 1.96 bits per heavy atom. The second-order valence-electron chi connectivity index (χ2n) is 4.49. The van der Waals surface area contributed by atoms with Crippen LogP contribution >= 0.6 is 11.6 Å². The second kappa shape index (κ2) is 5.92. The van der Waals surface area contributed by atoms with E-state index in [0.717, 1.165) is 18.3 Å². The fraction of sp³-hybridized carbons (Fsp3) is 0.154. The maximum atomic E-state index is 12.9. The summed E-state index contributed by atoms with van der Waals surface area (Å²) in [5.74, 6) is -1.33. The third kappa shape index (κ3) is 3.45. The standard InChI is InChI=1S/C13H8ClF3N2O4/c14-9-2-1-7(4-8(9)13(15,16)17)19-11(22)6(3-10(20)21)5-18-12(19)23/h1-2,4-5H,3H2,(H,18,23)(H,20,21). The van der Waals surface area contributed by atoms with Gasteiger partial charge in [-0.2, -0.15) is 13.2 Å². The first-order chi connectivity index (χ1) is 10.6. The Morgan fingerprint density at radius 3 is 2.52 bits per heavy atom. The molecule has 0 spiro atoms. The molecule has 1 aromatic heterocycles. The lowest BCUT2D eigenvalue weighted by Crippen LogP contribution is -2.36. The van der Waals surface area contributed by atoms with Crippen molar-refractivity contribution in [3.63, 3.8) is 0 Å². The minimum atomic E-state index is -4.78. The fourth-order valence-corrected chi connectivity index (χ4v) is 2.13. The highest BCUT2D eigenvalue weighted by atomic mass is 35.5. The smallest absolute Gasteiger partial charge is 0.417 e. The monoisotopic (exact) mass is 348 g/mol. The zero-order valence-corrected chi connectivity index (χ0v) is 11.9. The van der Waals surface area contributed by atoms with Gasteiger partial charge in [-0.25, -0.2) is 9.36 Å². The lowest BCUT2D eigenvalue weighted by molar-refractivity contribution is -0.138. The van der Waals surface area contributed by atoms with Crippen LogP contribution in [-0.2, 0) is 17.4 Å². The molecule has 1 aromatic carbocycles. The number of carbonyl (C=O) groups is 1. The molecule has 2 N–H and O–H groups in total. The van der Waals surface area contributed by atoms with Crippen LogP contribution in [-0.4, -0.2) is 20.6 Å². The fourth-order valence-electron chi connectivity index (χ4n) is 1.90. The molecule has 2 aromatic rings. The van der Waals surface area contributed by atoms with Gasteiger partial charge in [-0.15, -0.1) is 0 Å². The largest absolute Gasteiger partial charge is 0.481 e. The van der Waals surface area contributed by atoms with Gasteiger partial charge in [-0.3, -0.25) is 9.59 Å². The second-order valence-corrected chi connectivity index (χ2v) is 4.90. The number of rotatable bonds is 3. The maximum absolute atomic E-state index is 12.9. The summed E-state index contributed by atoms with van der Waals surface area (Å²) in [5, 5.41) is 8.11. The van der Waals surface area contributed by atoms with Crippen molar-refractivity contribution in [2.75, 3.05) is 0 Å². The Morgan fingerprint density at radius 1 is 1.30 bits per heavy atom. The number of benzene rings is 1. The number of aromatic amines is 1. The van der Waals surface area contributed by atoms with Gasteiger partial charge in [-0.1, -0.05) is 11.6 Å². The molecule has 23 heavy (non-hydrogen) atoms. The predicted molar refractivity (Wildman–Crippen MR) is 74.0 cm³/mol. The molecule has 1 heterocycles. The molecule has 0 amide bonds. The summed E-state index contributed by atoms with van der Waals surface area (Å²) in [6.07, 6.45) is -4.55. The SMILES string of the molecule is O=C(O)Cc1c[nH]c(=O)n(-c2ccc(Cl)c(C(F)(F)F)c2)c1=O. The topological polar surface area (TPSA) is 92.2 Å². The summed E-state index contributed by atoms with van der Waals surface area (Å²) in [6, 6.07) is 2.50. The van der Waals surface area contributed by atoms with Crippen LogP contribution in [0.5, 0.6) is 0 Å². The summed E-state index contributed by atoms with van der Waals surface area (Å²) in [7, 11) is 0. The van der Waals surface area contributed by atoms with Crippen molar-refractivity contribution in [1.82, 2.24) is 9.55 Å². The van der Waals surface area contributed by atoms with Crippen molar-refractivity contribution in [3.05, 3.63) is 61.4 Å². The van der Waals surface area contributed by atoms with Gasteiger partial charge in [0.15, 0.2) is 0 Å². The van der Waals surface area contributed by atoms with E-state index in [1.807, 2.05) is 0 Å². The Hall–Kier alpha value is -2.55. The Kier molecular flexibility index (Phi) is 4.33. The summed E-state index contributed by atoms with van der Waals surface area (Å²) >= 11 is 5.48. The normalized spacial score (nSPS) is 11.5. The van der Waals surface area contributed by atoms with E-state index in [-0.39, 0.29) is 11.3 Å². The average molecular weight is 349 g/mol. The molecule has 0 fully saturated rings. The molecule has 0 saturated carbocycles. The number of aromatic nitrogens is 2. The van der Waals surface area contributed by atoms with E-state index in [2.05, 4.69) is 4.98 Å². The zero-order chi connectivity index (χ0) is 17.4. The molecule has 10 heteroatoms. The molecule has 0 unspecified atom stereocenters. The Balaban J connectivity index is 2.70. The lowest BCUT2D eigenvalue weighted by Gasteiger charge is -2.12. The van der Waals surface area contributed by atoms with Gasteiger partial charge >= 0.3 is 17.8 Å². The molecular formula is C13H8ClF3N2O4. The van der Waals surface area contributed by atoms with E-state index >= 15 is 0 Å². The average Bonchev–Trinajstić information content (AvgIpc) is 2.42. The Labute approximate surface area is 130 Å². The lowest BCUT2D eigenvalue weighted by atomic mass is 10.2. The molecule has 0 radical (unpaired) electrons. The third-order valence-corrected chi connectivity index (χ3v) is 3.24. The minimum absolute atomic E-state index is 0.277. The van der Waals surface area contributed by atoms with E-state index in [0.29, 0.717) is 10.6 Å². The van der Waals surface area contributed by atoms with Crippen molar-refractivity contribution >= 4 is 17.6 Å². The quantitative estimate of drug-likeness (QED) is 0.885. The van der Waals surface area contributed by atoms with Crippen molar-refractivity contribution in [1.29, 1.82) is 0 Å². The summed E-state index contributed by atoms with van der Waals surface area (Å²) in [5.41, 5.74) is -3.89. The molecule has 0 aliphatic heterocycles. The number of halogens is 4. The van der Waals surface area contributed by atoms with E-state index in [1.54, 1.807) is 0 Å². The highest BCUT2D eigenvalue weighted by Crippen LogP contribution is 2.35. The van der Waals surface area contributed by atoms with Crippen molar-refractivity contribution in [2.45, 2.75) is 12.6 Å². The number of carboxylic acid groups (broad SMARTS) is 1. The maximum Gasteiger partial charge on any atom is 0.417 e. The van der Waals surface area contributed by atoms with Gasteiger partial charge in [-0.05, 0) is 18.2 Å². The summed E-state index contributed by atoms with van der Waals surface area (Å²) in [4.78, 5) is 36.7. The van der Waals surface area contributed by atoms with Crippen molar-refractivity contribution in [3.8, 4) is 5.69 Å². The van der Waals surface area contributed by atoms with Crippen LogP contribution in [0.4, 0.5) is 13.2 Å². The van der Waals surface area contributed by atoms with Crippen LogP contribution < -0.4 is 11.2 Å². The predicted octanol–water partition coefficient (Wildman–Crippen LogP) is 1.83. The minimum Gasteiger partial charge on any atom is -0.481 e. The van der Waals surface area contributed by atoms with E-state index in [4.69, 9.17) is 16.7 Å². The van der Waals surface area contributed by atoms with Gasteiger partial charge < -0.3 is 10.1 Å². The van der Waals surface area contributed by atoms with Gasteiger partial charge in [0.25, 0.3) is 5.56 Å². The number of aliphatic carboxylic acids is 1. The number of nitrogens with zero attached hydrogens (tertiary/aromatic N) is 1. The molecule has 2 rings (SSSR count). The number of H-pyrrole nitrogens is 1. The van der Waals surface area contributed by atoms with Gasteiger partial charge in [0.2, 0.25) is 0 Å². The number of hydrogen-bond acceptors (Lipinski definition) is 3. The summed E-state index contributed by atoms with van der Waals surface area (Å²) in [6.45, 7) is 0. The van der Waals surface area contributed by atoms with Crippen molar-refractivity contribution in [2.24, 2.45) is 0 Å². The number of hydrogen-bond donors (Lipinski definition) is 2. The molecule has 6 nitrogen and oxygen atoms in total. The Bertz CT molecular complexity index is 886. The van der Waals surface area contributed by atoms with Crippen LogP contribution in [0, 0.1) is 0 Å². The van der Waals surface area contributed by atoms with Crippen LogP contribution in [0.15, 0.2) is 34.0 Å². The van der Waals surface area contributed by atoms with E-state index in [9.17, 15) is 27.6 Å². The first kappa shape index (κ1) is 16.8. The van der Waals surface area contributed by atoms with Crippen LogP contribution in [0.3, 0.4) is 0 Å². The van der Waals surface area contributed by atoms with Gasteiger partial charge in [0, 0.05) is 11.8 Å². The highest BCUT2D eigenvalue weighted by molar-refractivity contribution is 6.31. The number of nitrogens with one attached hydrogen (secondary N) is 1. The molecule has 0 atom stereocenters. The first-order valence-corrected chi connectivity index (χ1v) is 6.41. The summed E-state index contributed by atoms with van der Waals surface area (Å²) < 4.78 is 39.0. The van der Waals surface area contributed by atoms with Gasteiger partial charge in [0.05, 0.1) is 22.7 Å². The van der Waals surface area contributed by atoms with Crippen molar-refractivity contribution < 1.29 is 23.1 Å². The zero-order valence-electron chi connectivity index (χ0n) is 11.1. The van der Waals surface area contributed by atoms with E-state index in [1.165, 1.54) is 0 Å². The highest BCUT2D eigenvalue weighted by Gasteiger charge is 2.33. The molecule has 122 valence electrons. The molecular weight excluding hydrogens is 341 g/mol. The van der Waals surface area contributed by atoms with Gasteiger partial charge in [0.1, 0.15) is 0 Å². The van der Waals surface area contributed by atoms with Crippen LogP contribution in [0.1, 0.15) is 11.1 Å². The van der Waals surface area contributed by atoms with Crippen LogP contribution in [0.25, 0.3) is 5.69 Å². The molecule has 0 aliphatic rings. The molecule has 0 saturated heterocycles. The molecule has 0 aliphatic carbocycles. The number of alkyl halides is 3. The third-order valence-electron chi connectivity index (χ3n) is 2.91. The molecule has 0 bridgehead atoms. The van der Waals surface area contributed by atoms with E-state index < -0.39 is 40.4 Å².